The zero-order valence-electron chi connectivity index (χ0n) is 8.21. The van der Waals surface area contributed by atoms with Gasteiger partial charge in [-0.05, 0) is 38.0 Å². The molecular formula is C13H18. The fourth-order valence-electron chi connectivity index (χ4n) is 2.25. The van der Waals surface area contributed by atoms with E-state index in [1.165, 1.54) is 38.5 Å². The van der Waals surface area contributed by atoms with E-state index in [2.05, 4.69) is 30.4 Å². The zero-order valence-corrected chi connectivity index (χ0v) is 8.21. The van der Waals surface area contributed by atoms with Crippen molar-refractivity contribution in [1.82, 2.24) is 0 Å². The second kappa shape index (κ2) is 4.45. The van der Waals surface area contributed by atoms with Gasteiger partial charge in [0.15, 0.2) is 0 Å². The van der Waals surface area contributed by atoms with Crippen LogP contribution in [0.4, 0.5) is 0 Å². The summed E-state index contributed by atoms with van der Waals surface area (Å²) in [6.07, 6.45) is 19.5. The summed E-state index contributed by atoms with van der Waals surface area (Å²) >= 11 is 0. The average Bonchev–Trinajstić information content (AvgIpc) is 2.55. The Kier molecular flexibility index (Phi) is 3.02. The van der Waals surface area contributed by atoms with E-state index in [0.717, 1.165) is 5.92 Å². The van der Waals surface area contributed by atoms with Crippen LogP contribution >= 0.6 is 0 Å². The van der Waals surface area contributed by atoms with Crippen LogP contribution in [0.15, 0.2) is 36.0 Å². The van der Waals surface area contributed by atoms with Crippen LogP contribution in [-0.2, 0) is 0 Å². The smallest absolute Gasteiger partial charge is 0.0130 e. The van der Waals surface area contributed by atoms with E-state index in [-0.39, 0.29) is 0 Å². The lowest BCUT2D eigenvalue weighted by Gasteiger charge is -2.18. The highest BCUT2D eigenvalue weighted by Gasteiger charge is 2.13. The van der Waals surface area contributed by atoms with Crippen molar-refractivity contribution in [1.29, 1.82) is 0 Å². The molecule has 0 heteroatoms. The topological polar surface area (TPSA) is 0 Å². The Hall–Kier alpha value is -0.780. The van der Waals surface area contributed by atoms with Crippen molar-refractivity contribution in [2.45, 2.75) is 38.5 Å². The van der Waals surface area contributed by atoms with Crippen molar-refractivity contribution in [3.05, 3.63) is 36.0 Å². The molecule has 0 aliphatic heterocycles. The number of allylic oxidation sites excluding steroid dienone is 6. The molecule has 0 bridgehead atoms. The molecule has 0 saturated carbocycles. The minimum Gasteiger partial charge on any atom is -0.0885 e. The molecule has 0 fully saturated rings. The minimum absolute atomic E-state index is 0.839. The van der Waals surface area contributed by atoms with Gasteiger partial charge in [0.25, 0.3) is 0 Å². The normalized spacial score (nSPS) is 28.3. The largest absolute Gasteiger partial charge is 0.0885 e. The van der Waals surface area contributed by atoms with Crippen LogP contribution < -0.4 is 0 Å². The first kappa shape index (κ1) is 8.80. The lowest BCUT2D eigenvalue weighted by Crippen LogP contribution is -2.03. The van der Waals surface area contributed by atoms with Gasteiger partial charge in [0.05, 0.1) is 0 Å². The van der Waals surface area contributed by atoms with Gasteiger partial charge in [-0.3, -0.25) is 0 Å². The maximum absolute atomic E-state index is 2.38. The third-order valence-electron chi connectivity index (χ3n) is 3.08. The summed E-state index contributed by atoms with van der Waals surface area (Å²) in [6.45, 7) is 0. The van der Waals surface area contributed by atoms with Gasteiger partial charge in [-0.15, -0.1) is 0 Å². The molecule has 0 aromatic rings. The zero-order chi connectivity index (χ0) is 8.93. The molecule has 0 radical (unpaired) electrons. The molecule has 13 heavy (non-hydrogen) atoms. The highest BCUT2D eigenvalue weighted by molar-refractivity contribution is 5.25. The molecule has 70 valence electrons. The monoisotopic (exact) mass is 174 g/mol. The van der Waals surface area contributed by atoms with E-state index in [1.54, 1.807) is 5.57 Å². The van der Waals surface area contributed by atoms with Gasteiger partial charge in [0.2, 0.25) is 0 Å². The van der Waals surface area contributed by atoms with Crippen LogP contribution in [0, 0.1) is 5.92 Å². The van der Waals surface area contributed by atoms with Gasteiger partial charge >= 0.3 is 0 Å². The molecule has 0 N–H and O–H groups in total. The first-order valence-electron chi connectivity index (χ1n) is 5.47. The molecule has 2 aliphatic rings. The summed E-state index contributed by atoms with van der Waals surface area (Å²) in [5, 5.41) is 0. The number of hydrogen-bond acceptors (Lipinski definition) is 0. The highest BCUT2D eigenvalue weighted by Crippen LogP contribution is 2.29. The van der Waals surface area contributed by atoms with E-state index in [1.807, 2.05) is 0 Å². The molecule has 1 atom stereocenters. The SMILES string of the molecule is C1=CCC(C2CC=CCCCC2)=C1. The molecule has 0 nitrogen and oxygen atoms in total. The predicted octanol–water partition coefficient (Wildman–Crippen LogP) is 4.01. The minimum atomic E-state index is 0.839. The van der Waals surface area contributed by atoms with E-state index in [4.69, 9.17) is 0 Å². The Labute approximate surface area is 81.0 Å². The second-order valence-electron chi connectivity index (χ2n) is 4.06. The predicted molar refractivity (Wildman–Crippen MR) is 57.6 cm³/mol. The van der Waals surface area contributed by atoms with Crippen molar-refractivity contribution >= 4 is 0 Å². The number of hydrogen-bond donors (Lipinski definition) is 0. The van der Waals surface area contributed by atoms with Crippen LogP contribution in [0.25, 0.3) is 0 Å². The standard InChI is InChI=1S/C13H18/c1-2-4-8-12(9-5-3-1)13-10-6-7-11-13/h2,4,6-7,10,12H,1,3,5,8-9,11H2. The Morgan fingerprint density at radius 2 is 2.08 bits per heavy atom. The van der Waals surface area contributed by atoms with Crippen LogP contribution in [0.2, 0.25) is 0 Å². The van der Waals surface area contributed by atoms with E-state index in [9.17, 15) is 0 Å². The van der Waals surface area contributed by atoms with Crippen molar-refractivity contribution in [3.8, 4) is 0 Å². The van der Waals surface area contributed by atoms with Crippen molar-refractivity contribution in [2.24, 2.45) is 5.92 Å². The third kappa shape index (κ3) is 2.33. The lowest BCUT2D eigenvalue weighted by molar-refractivity contribution is 0.512. The van der Waals surface area contributed by atoms with Gasteiger partial charge < -0.3 is 0 Å². The quantitative estimate of drug-likeness (QED) is 0.527. The Balaban J connectivity index is 1.96. The Morgan fingerprint density at radius 3 is 2.92 bits per heavy atom. The fourth-order valence-corrected chi connectivity index (χ4v) is 2.25. The van der Waals surface area contributed by atoms with Crippen LogP contribution in [0.1, 0.15) is 38.5 Å². The summed E-state index contributed by atoms with van der Waals surface area (Å²) in [6, 6.07) is 0. The lowest BCUT2D eigenvalue weighted by atomic mass is 9.88. The molecule has 2 rings (SSSR count). The molecule has 0 amide bonds. The average molecular weight is 174 g/mol. The van der Waals surface area contributed by atoms with E-state index in [0.29, 0.717) is 0 Å². The molecule has 0 aromatic carbocycles. The molecule has 0 heterocycles. The first-order valence-corrected chi connectivity index (χ1v) is 5.47. The van der Waals surface area contributed by atoms with Crippen molar-refractivity contribution < 1.29 is 0 Å². The van der Waals surface area contributed by atoms with Crippen molar-refractivity contribution in [3.63, 3.8) is 0 Å². The van der Waals surface area contributed by atoms with Crippen molar-refractivity contribution in [2.75, 3.05) is 0 Å². The maximum atomic E-state index is 2.38. The van der Waals surface area contributed by atoms with Crippen LogP contribution in [-0.4, -0.2) is 0 Å². The molecule has 2 aliphatic carbocycles. The molecule has 0 aromatic heterocycles. The first-order chi connectivity index (χ1) is 6.47. The highest BCUT2D eigenvalue weighted by atomic mass is 14.2. The van der Waals surface area contributed by atoms with Gasteiger partial charge in [-0.1, -0.05) is 42.4 Å². The van der Waals surface area contributed by atoms with Gasteiger partial charge in [-0.2, -0.15) is 0 Å². The fraction of sp³-hybridized carbons (Fsp3) is 0.538. The summed E-state index contributed by atoms with van der Waals surface area (Å²) in [5.41, 5.74) is 1.66. The summed E-state index contributed by atoms with van der Waals surface area (Å²) in [4.78, 5) is 0. The van der Waals surface area contributed by atoms with Crippen LogP contribution in [0.3, 0.4) is 0 Å². The second-order valence-corrected chi connectivity index (χ2v) is 4.06. The van der Waals surface area contributed by atoms with Gasteiger partial charge in [0, 0.05) is 0 Å². The number of rotatable bonds is 1. The van der Waals surface area contributed by atoms with E-state index < -0.39 is 0 Å². The Bertz CT molecular complexity index is 243. The third-order valence-corrected chi connectivity index (χ3v) is 3.08. The Morgan fingerprint density at radius 1 is 1.08 bits per heavy atom. The maximum Gasteiger partial charge on any atom is -0.0130 e. The van der Waals surface area contributed by atoms with E-state index >= 15 is 0 Å². The summed E-state index contributed by atoms with van der Waals surface area (Å²) < 4.78 is 0. The molecule has 1 unspecified atom stereocenters. The molecule has 0 saturated heterocycles. The molecule has 0 spiro atoms. The van der Waals surface area contributed by atoms with Gasteiger partial charge in [0.1, 0.15) is 0 Å². The summed E-state index contributed by atoms with van der Waals surface area (Å²) in [5.74, 6) is 0.839. The molecular weight excluding hydrogens is 156 g/mol. The van der Waals surface area contributed by atoms with Gasteiger partial charge in [-0.25, -0.2) is 0 Å². The summed E-state index contributed by atoms with van der Waals surface area (Å²) in [7, 11) is 0. The van der Waals surface area contributed by atoms with Crippen LogP contribution in [0.5, 0.6) is 0 Å².